The first-order valence-electron chi connectivity index (χ1n) is 13.1. The van der Waals surface area contributed by atoms with Crippen molar-refractivity contribution in [1.29, 1.82) is 0 Å². The van der Waals surface area contributed by atoms with Crippen LogP contribution in [-0.4, -0.2) is 108 Å². The minimum absolute atomic E-state index is 0.0204. The lowest BCUT2D eigenvalue weighted by Crippen LogP contribution is -2.56. The van der Waals surface area contributed by atoms with Crippen LogP contribution >= 0.6 is 22.6 Å². The van der Waals surface area contributed by atoms with Crippen LogP contribution in [0.2, 0.25) is 0 Å². The zero-order valence-corrected chi connectivity index (χ0v) is 24.0. The number of halogens is 1. The maximum Gasteiger partial charge on any atom is 0.247 e. The molecule has 1 heterocycles. The Kier molecular flexibility index (Phi) is 12.4. The van der Waals surface area contributed by atoms with E-state index in [0.29, 0.717) is 50.5 Å². The predicted molar refractivity (Wildman–Crippen MR) is 150 cm³/mol. The molecule has 0 unspecified atom stereocenters. The van der Waals surface area contributed by atoms with Crippen molar-refractivity contribution in [3.8, 4) is 5.75 Å². The maximum absolute atomic E-state index is 13.5. The SMILES string of the molecule is CC(=O)CCCC(=O)N(CCN1CCOCC1)[C@@H]1CC(C(=O)NCCO)=C[C@H](Oc2ccccc2I)[C@H]1O. The Morgan fingerprint density at radius 1 is 1.21 bits per heavy atom. The number of morpholine rings is 1. The quantitative estimate of drug-likeness (QED) is 0.273. The molecule has 11 heteroatoms. The summed E-state index contributed by atoms with van der Waals surface area (Å²) in [7, 11) is 0. The molecular weight excluding hydrogens is 605 g/mol. The first-order valence-corrected chi connectivity index (χ1v) is 14.2. The van der Waals surface area contributed by atoms with E-state index >= 15 is 0 Å². The van der Waals surface area contributed by atoms with Gasteiger partial charge in [-0.25, -0.2) is 0 Å². The number of hydrogen-bond acceptors (Lipinski definition) is 8. The smallest absolute Gasteiger partial charge is 0.247 e. The highest BCUT2D eigenvalue weighted by molar-refractivity contribution is 14.1. The van der Waals surface area contributed by atoms with Gasteiger partial charge in [-0.3, -0.25) is 14.5 Å². The van der Waals surface area contributed by atoms with Crippen LogP contribution in [0.4, 0.5) is 0 Å². The Labute approximate surface area is 237 Å². The van der Waals surface area contributed by atoms with Gasteiger partial charge in [0.25, 0.3) is 0 Å². The summed E-state index contributed by atoms with van der Waals surface area (Å²) in [5.74, 6) is 0.0435. The van der Waals surface area contributed by atoms with Crippen molar-refractivity contribution in [3.05, 3.63) is 39.5 Å². The molecule has 2 aliphatic rings. The summed E-state index contributed by atoms with van der Waals surface area (Å²) in [6, 6.07) is 6.68. The number of hydrogen-bond donors (Lipinski definition) is 3. The van der Waals surface area contributed by atoms with Crippen LogP contribution in [0.1, 0.15) is 32.6 Å². The van der Waals surface area contributed by atoms with E-state index in [2.05, 4.69) is 32.8 Å². The van der Waals surface area contributed by atoms with Crippen molar-refractivity contribution >= 4 is 40.2 Å². The lowest BCUT2D eigenvalue weighted by Gasteiger charge is -2.41. The molecule has 1 aromatic carbocycles. The summed E-state index contributed by atoms with van der Waals surface area (Å²) < 4.78 is 12.5. The number of ketones is 1. The fourth-order valence-corrected chi connectivity index (χ4v) is 5.16. The molecule has 3 rings (SSSR count). The van der Waals surface area contributed by atoms with Crippen LogP contribution in [0.3, 0.4) is 0 Å². The van der Waals surface area contributed by atoms with E-state index in [0.717, 1.165) is 16.7 Å². The van der Waals surface area contributed by atoms with Crippen LogP contribution in [0, 0.1) is 3.57 Å². The number of nitrogens with one attached hydrogen (secondary N) is 1. The van der Waals surface area contributed by atoms with Gasteiger partial charge in [0.15, 0.2) is 0 Å². The second-order valence-corrected chi connectivity index (χ2v) is 10.7. The molecule has 0 bridgehead atoms. The summed E-state index contributed by atoms with van der Waals surface area (Å²) in [5.41, 5.74) is 0.387. The highest BCUT2D eigenvalue weighted by atomic mass is 127. The van der Waals surface area contributed by atoms with Crippen LogP contribution in [0.15, 0.2) is 35.9 Å². The third-order valence-corrected chi connectivity index (χ3v) is 7.61. The molecule has 210 valence electrons. The van der Waals surface area contributed by atoms with Crippen molar-refractivity contribution < 1.29 is 34.1 Å². The Balaban J connectivity index is 1.86. The molecule has 0 aromatic heterocycles. The van der Waals surface area contributed by atoms with Gasteiger partial charge in [0, 0.05) is 57.6 Å². The average molecular weight is 644 g/mol. The zero-order valence-electron chi connectivity index (χ0n) is 21.8. The molecule has 1 aliphatic carbocycles. The molecule has 1 fully saturated rings. The highest BCUT2D eigenvalue weighted by Crippen LogP contribution is 2.30. The standard InChI is InChI=1S/C27H38IN3O7/c1-19(33)5-4-8-25(34)31(11-10-30-12-15-37-16-13-30)22-17-20(27(36)29-9-14-32)18-24(26(22)35)38-23-7-3-2-6-21(23)28/h2-3,6-7,18,22,24,26,32,35H,4-5,8-17H2,1H3,(H,29,36)/t22-,24+,26+/m1/s1. The number of aliphatic hydroxyl groups is 2. The van der Waals surface area contributed by atoms with Crippen LogP contribution in [0.25, 0.3) is 0 Å². The minimum Gasteiger partial charge on any atom is -0.482 e. The lowest BCUT2D eigenvalue weighted by atomic mass is 9.88. The van der Waals surface area contributed by atoms with Crippen molar-refractivity contribution in [2.45, 2.75) is 50.9 Å². The Morgan fingerprint density at radius 2 is 1.95 bits per heavy atom. The van der Waals surface area contributed by atoms with Crippen LogP contribution < -0.4 is 10.1 Å². The van der Waals surface area contributed by atoms with E-state index in [1.165, 1.54) is 6.92 Å². The Morgan fingerprint density at radius 3 is 2.63 bits per heavy atom. The van der Waals surface area contributed by atoms with Crippen molar-refractivity contribution in [3.63, 3.8) is 0 Å². The van der Waals surface area contributed by atoms with Gasteiger partial charge in [-0.2, -0.15) is 0 Å². The first kappa shape index (κ1) is 30.5. The number of nitrogens with zero attached hydrogens (tertiary/aromatic N) is 2. The molecule has 10 nitrogen and oxygen atoms in total. The average Bonchev–Trinajstić information content (AvgIpc) is 2.90. The second-order valence-electron chi connectivity index (χ2n) is 9.54. The molecular formula is C27H38IN3O7. The van der Waals surface area contributed by atoms with Crippen molar-refractivity contribution in [1.82, 2.24) is 15.1 Å². The van der Waals surface area contributed by atoms with Gasteiger partial charge >= 0.3 is 0 Å². The van der Waals surface area contributed by atoms with Crippen LogP contribution in [0.5, 0.6) is 5.75 Å². The van der Waals surface area contributed by atoms with E-state index in [1.54, 1.807) is 17.0 Å². The molecule has 3 atom stereocenters. The number of aliphatic hydroxyl groups excluding tert-OH is 2. The third-order valence-electron chi connectivity index (χ3n) is 6.72. The second kappa shape index (κ2) is 15.5. The van der Waals surface area contributed by atoms with Gasteiger partial charge in [0.1, 0.15) is 23.7 Å². The van der Waals surface area contributed by atoms with Crippen LogP contribution in [-0.2, 0) is 19.1 Å². The number of rotatable bonds is 13. The summed E-state index contributed by atoms with van der Waals surface area (Å²) in [6.07, 6.45) is 0.709. The van der Waals surface area contributed by atoms with Gasteiger partial charge in [0.05, 0.1) is 29.4 Å². The topological polar surface area (TPSA) is 129 Å². The number of ether oxygens (including phenoxy) is 2. The molecule has 38 heavy (non-hydrogen) atoms. The normalized spacial score (nSPS) is 21.9. The lowest BCUT2D eigenvalue weighted by molar-refractivity contribution is -0.139. The number of Topliss-reactive ketones (excluding diaryl/α,β-unsaturated/α-hetero) is 1. The van der Waals surface area contributed by atoms with E-state index < -0.39 is 18.2 Å². The molecule has 1 saturated heterocycles. The summed E-state index contributed by atoms with van der Waals surface area (Å²) in [4.78, 5) is 41.7. The molecule has 1 aromatic rings. The molecule has 0 saturated carbocycles. The Hall–Kier alpha value is -2.06. The van der Waals surface area contributed by atoms with Gasteiger partial charge in [0.2, 0.25) is 11.8 Å². The van der Waals surface area contributed by atoms with Gasteiger partial charge in [-0.15, -0.1) is 0 Å². The van der Waals surface area contributed by atoms with Gasteiger partial charge < -0.3 is 34.7 Å². The molecule has 2 amide bonds. The largest absolute Gasteiger partial charge is 0.482 e. The fourth-order valence-electron chi connectivity index (χ4n) is 4.65. The fraction of sp³-hybridized carbons (Fsp3) is 0.593. The first-order chi connectivity index (χ1) is 18.3. The summed E-state index contributed by atoms with van der Waals surface area (Å²) in [6.45, 7) is 5.12. The van der Waals surface area contributed by atoms with E-state index in [9.17, 15) is 24.6 Å². The molecule has 3 N–H and O–H groups in total. The number of carbonyl (C=O) groups excluding carboxylic acids is 3. The molecule has 0 radical (unpaired) electrons. The van der Waals surface area contributed by atoms with Crippen molar-refractivity contribution in [2.75, 3.05) is 52.5 Å². The predicted octanol–water partition coefficient (Wildman–Crippen LogP) is 1.13. The maximum atomic E-state index is 13.5. The van der Waals surface area contributed by atoms with Crippen molar-refractivity contribution in [2.24, 2.45) is 0 Å². The number of benzene rings is 1. The Bertz CT molecular complexity index is 983. The van der Waals surface area contributed by atoms with Gasteiger partial charge in [-0.1, -0.05) is 12.1 Å². The third kappa shape index (κ3) is 9.01. The zero-order chi connectivity index (χ0) is 27.5. The monoisotopic (exact) mass is 643 g/mol. The number of para-hydroxylation sites is 1. The van der Waals surface area contributed by atoms with E-state index in [1.807, 2.05) is 18.2 Å². The highest BCUT2D eigenvalue weighted by Gasteiger charge is 2.40. The molecule has 0 spiro atoms. The van der Waals surface area contributed by atoms with E-state index in [4.69, 9.17) is 9.47 Å². The van der Waals surface area contributed by atoms with Gasteiger partial charge in [-0.05, 0) is 54.1 Å². The number of amides is 2. The summed E-state index contributed by atoms with van der Waals surface area (Å²) >= 11 is 2.15. The summed E-state index contributed by atoms with van der Waals surface area (Å²) in [5, 5.41) is 23.3. The minimum atomic E-state index is -1.08. The van der Waals surface area contributed by atoms with E-state index in [-0.39, 0.29) is 43.6 Å². The molecule has 1 aliphatic heterocycles. The number of carbonyl (C=O) groups is 3.